The minimum absolute atomic E-state index is 0.0265. The largest absolute Gasteiger partial charge is 0.372 e. The summed E-state index contributed by atoms with van der Waals surface area (Å²) in [6, 6.07) is 4.29. The Balaban J connectivity index is 2.56. The highest BCUT2D eigenvalue weighted by molar-refractivity contribution is 5.42. The van der Waals surface area contributed by atoms with Crippen LogP contribution in [-0.4, -0.2) is 6.10 Å². The van der Waals surface area contributed by atoms with E-state index in [1.807, 2.05) is 6.92 Å². The van der Waals surface area contributed by atoms with Crippen molar-refractivity contribution < 1.29 is 4.74 Å². The van der Waals surface area contributed by atoms with Crippen molar-refractivity contribution in [1.82, 2.24) is 0 Å². The van der Waals surface area contributed by atoms with Crippen LogP contribution in [0.3, 0.4) is 0 Å². The summed E-state index contributed by atoms with van der Waals surface area (Å²) >= 11 is 0. The van der Waals surface area contributed by atoms with E-state index < -0.39 is 0 Å². The molecule has 0 bridgehead atoms. The lowest BCUT2D eigenvalue weighted by atomic mass is 9.89. The van der Waals surface area contributed by atoms with E-state index in [4.69, 9.17) is 10.5 Å². The lowest BCUT2D eigenvalue weighted by Gasteiger charge is -2.30. The molecule has 0 spiro atoms. The number of rotatable bonds is 0. The summed E-state index contributed by atoms with van der Waals surface area (Å²) in [5.74, 6) is 0. The molecule has 1 aliphatic rings. The van der Waals surface area contributed by atoms with Crippen LogP contribution in [0.1, 0.15) is 35.2 Å². The Morgan fingerprint density at radius 3 is 2.79 bits per heavy atom. The molecule has 0 saturated heterocycles. The van der Waals surface area contributed by atoms with Crippen LogP contribution in [0.25, 0.3) is 0 Å². The van der Waals surface area contributed by atoms with Crippen LogP contribution in [0.4, 0.5) is 0 Å². The smallest absolute Gasteiger partial charge is 0.0744 e. The highest BCUT2D eigenvalue weighted by Crippen LogP contribution is 2.31. The predicted octanol–water partition coefficient (Wildman–Crippen LogP) is 2.22. The van der Waals surface area contributed by atoms with Crippen molar-refractivity contribution >= 4 is 0 Å². The van der Waals surface area contributed by atoms with Gasteiger partial charge in [0.15, 0.2) is 0 Å². The van der Waals surface area contributed by atoms with Crippen LogP contribution in [0.5, 0.6) is 0 Å². The van der Waals surface area contributed by atoms with Crippen LogP contribution in [0, 0.1) is 13.8 Å². The number of hydrogen-bond acceptors (Lipinski definition) is 2. The lowest BCUT2D eigenvalue weighted by Crippen LogP contribution is -2.32. The summed E-state index contributed by atoms with van der Waals surface area (Å²) in [6.45, 7) is 7.01. The Labute approximate surface area is 85.1 Å². The van der Waals surface area contributed by atoms with Crippen LogP contribution in [-0.2, 0) is 11.3 Å². The van der Waals surface area contributed by atoms with Crippen molar-refractivity contribution in [2.45, 2.75) is 39.5 Å². The van der Waals surface area contributed by atoms with E-state index in [9.17, 15) is 0 Å². The third-order valence-electron chi connectivity index (χ3n) is 3.22. The summed E-state index contributed by atoms with van der Waals surface area (Å²) < 4.78 is 5.59. The second-order valence-corrected chi connectivity index (χ2v) is 4.12. The molecule has 76 valence electrons. The number of hydrogen-bond donors (Lipinski definition) is 1. The Morgan fingerprint density at radius 2 is 2.07 bits per heavy atom. The zero-order valence-corrected chi connectivity index (χ0v) is 9.00. The van der Waals surface area contributed by atoms with Gasteiger partial charge in [-0.3, -0.25) is 0 Å². The molecule has 1 aliphatic heterocycles. The van der Waals surface area contributed by atoms with E-state index in [0.717, 1.165) is 0 Å². The zero-order chi connectivity index (χ0) is 10.3. The van der Waals surface area contributed by atoms with Gasteiger partial charge in [0.05, 0.1) is 18.8 Å². The summed E-state index contributed by atoms with van der Waals surface area (Å²) in [6.07, 6.45) is 0.128. The number of fused-ring (bicyclic) bond motifs is 1. The maximum absolute atomic E-state index is 6.13. The van der Waals surface area contributed by atoms with Crippen LogP contribution in [0.2, 0.25) is 0 Å². The van der Waals surface area contributed by atoms with Crippen LogP contribution >= 0.6 is 0 Å². The molecule has 2 nitrogen and oxygen atoms in total. The van der Waals surface area contributed by atoms with Gasteiger partial charge in [0.1, 0.15) is 0 Å². The minimum atomic E-state index is 0.0265. The van der Waals surface area contributed by atoms with Gasteiger partial charge in [-0.05, 0) is 43.0 Å². The van der Waals surface area contributed by atoms with E-state index in [0.29, 0.717) is 6.61 Å². The molecule has 2 heteroatoms. The van der Waals surface area contributed by atoms with Crippen LogP contribution < -0.4 is 5.73 Å². The molecule has 2 N–H and O–H groups in total. The fourth-order valence-corrected chi connectivity index (χ4v) is 2.04. The Bertz CT molecular complexity index is 360. The van der Waals surface area contributed by atoms with Gasteiger partial charge in [-0.2, -0.15) is 0 Å². The number of ether oxygens (including phenoxy) is 1. The van der Waals surface area contributed by atoms with Crippen molar-refractivity contribution in [2.75, 3.05) is 0 Å². The Kier molecular flexibility index (Phi) is 2.33. The molecule has 0 amide bonds. The molecule has 0 aliphatic carbocycles. The molecule has 2 atom stereocenters. The fourth-order valence-electron chi connectivity index (χ4n) is 2.04. The first kappa shape index (κ1) is 9.69. The topological polar surface area (TPSA) is 35.2 Å². The third-order valence-corrected chi connectivity index (χ3v) is 3.22. The normalized spacial score (nSPS) is 26.0. The van der Waals surface area contributed by atoms with Gasteiger partial charge in [-0.15, -0.1) is 0 Å². The van der Waals surface area contributed by atoms with E-state index in [1.54, 1.807) is 0 Å². The van der Waals surface area contributed by atoms with Gasteiger partial charge >= 0.3 is 0 Å². The van der Waals surface area contributed by atoms with Crippen molar-refractivity contribution in [3.8, 4) is 0 Å². The highest BCUT2D eigenvalue weighted by atomic mass is 16.5. The first-order chi connectivity index (χ1) is 6.61. The zero-order valence-electron chi connectivity index (χ0n) is 9.00. The van der Waals surface area contributed by atoms with E-state index in [2.05, 4.69) is 26.0 Å². The molecule has 0 radical (unpaired) electrons. The maximum atomic E-state index is 6.13. The van der Waals surface area contributed by atoms with E-state index >= 15 is 0 Å². The Hall–Kier alpha value is -0.860. The van der Waals surface area contributed by atoms with Gasteiger partial charge in [0.25, 0.3) is 0 Å². The van der Waals surface area contributed by atoms with Gasteiger partial charge in [-0.1, -0.05) is 12.1 Å². The number of aryl methyl sites for hydroxylation is 1. The predicted molar refractivity (Wildman–Crippen MR) is 57.1 cm³/mol. The maximum Gasteiger partial charge on any atom is 0.0744 e. The number of benzene rings is 1. The average molecular weight is 191 g/mol. The van der Waals surface area contributed by atoms with Gasteiger partial charge in [-0.25, -0.2) is 0 Å². The van der Waals surface area contributed by atoms with E-state index in [-0.39, 0.29) is 12.1 Å². The first-order valence-corrected chi connectivity index (χ1v) is 5.07. The molecule has 0 unspecified atom stereocenters. The Morgan fingerprint density at radius 1 is 1.36 bits per heavy atom. The first-order valence-electron chi connectivity index (χ1n) is 5.07. The molecule has 0 fully saturated rings. The summed E-state index contributed by atoms with van der Waals surface area (Å²) in [4.78, 5) is 0. The fraction of sp³-hybridized carbons (Fsp3) is 0.500. The van der Waals surface area contributed by atoms with Crippen LogP contribution in [0.15, 0.2) is 12.1 Å². The average Bonchev–Trinajstić information content (AvgIpc) is 2.17. The quantitative estimate of drug-likeness (QED) is 0.682. The minimum Gasteiger partial charge on any atom is -0.372 e. The monoisotopic (exact) mass is 191 g/mol. The van der Waals surface area contributed by atoms with Gasteiger partial charge in [0, 0.05) is 0 Å². The van der Waals surface area contributed by atoms with Crippen molar-refractivity contribution in [2.24, 2.45) is 5.73 Å². The lowest BCUT2D eigenvalue weighted by molar-refractivity contribution is 0.0211. The second kappa shape index (κ2) is 3.37. The van der Waals surface area contributed by atoms with E-state index in [1.165, 1.54) is 22.3 Å². The standard InChI is InChI=1S/C12H17NO/c1-7-4-5-10-6-14-9(3)12(13)11(10)8(7)2/h4-5,9,12H,6,13H2,1-3H3/t9-,12+/m0/s1. The molecule has 0 aromatic heterocycles. The SMILES string of the molecule is Cc1ccc2c(c1C)[C@H](N)[C@H](C)OC2. The van der Waals surface area contributed by atoms with Crippen molar-refractivity contribution in [1.29, 1.82) is 0 Å². The summed E-state index contributed by atoms with van der Waals surface area (Å²) in [5, 5.41) is 0. The highest BCUT2D eigenvalue weighted by Gasteiger charge is 2.25. The molecule has 0 saturated carbocycles. The van der Waals surface area contributed by atoms with Crippen molar-refractivity contribution in [3.05, 3.63) is 34.4 Å². The molecule has 14 heavy (non-hydrogen) atoms. The molecule has 1 heterocycles. The summed E-state index contributed by atoms with van der Waals surface area (Å²) in [7, 11) is 0. The number of nitrogens with two attached hydrogens (primary N) is 1. The third kappa shape index (κ3) is 1.35. The molecule has 1 aromatic rings. The molecule has 1 aromatic carbocycles. The molecular weight excluding hydrogens is 174 g/mol. The summed E-state index contributed by atoms with van der Waals surface area (Å²) in [5.41, 5.74) is 11.3. The van der Waals surface area contributed by atoms with Gasteiger partial charge < -0.3 is 10.5 Å². The van der Waals surface area contributed by atoms with Crippen molar-refractivity contribution in [3.63, 3.8) is 0 Å². The molecule has 2 rings (SSSR count). The molecular formula is C12H17NO. The second-order valence-electron chi connectivity index (χ2n) is 4.12. The van der Waals surface area contributed by atoms with Gasteiger partial charge in [0.2, 0.25) is 0 Å².